The number of rotatable bonds is 7. The normalized spacial score (nSPS) is 12.3. The van der Waals surface area contributed by atoms with Crippen LogP contribution in [0.1, 0.15) is 10.4 Å². The zero-order valence-electron chi connectivity index (χ0n) is 17.0. The van der Waals surface area contributed by atoms with Gasteiger partial charge in [0.2, 0.25) is 0 Å². The highest BCUT2D eigenvalue weighted by atomic mass is 32.2. The average molecular weight is 451 g/mol. The Balaban J connectivity index is 2.18. The van der Waals surface area contributed by atoms with Crippen LogP contribution >= 0.6 is 11.3 Å². The Morgan fingerprint density at radius 1 is 1.13 bits per heavy atom. The van der Waals surface area contributed by atoms with Crippen LogP contribution in [0.2, 0.25) is 0 Å². The van der Waals surface area contributed by atoms with Gasteiger partial charge in [-0.15, -0.1) is 0 Å². The van der Waals surface area contributed by atoms with E-state index in [0.29, 0.717) is 34.2 Å². The fourth-order valence-electron chi connectivity index (χ4n) is 2.97. The molecule has 2 aromatic carbocycles. The molecule has 3 rings (SSSR count). The molecule has 1 heterocycles. The summed E-state index contributed by atoms with van der Waals surface area (Å²) >= 11 is 1.23. The molecule has 8 nitrogen and oxygen atoms in total. The number of thiazole rings is 1. The lowest BCUT2D eigenvalue weighted by molar-refractivity contribution is 0.0993. The van der Waals surface area contributed by atoms with Crippen LogP contribution in [0.4, 0.5) is 0 Å². The summed E-state index contributed by atoms with van der Waals surface area (Å²) in [5.74, 6) is 0.240. The number of ether oxygens (including phenoxy) is 3. The molecule has 0 aliphatic rings. The lowest BCUT2D eigenvalue weighted by atomic mass is 10.2. The van der Waals surface area contributed by atoms with Gasteiger partial charge in [-0.25, -0.2) is 8.42 Å². The van der Waals surface area contributed by atoms with Crippen molar-refractivity contribution < 1.29 is 27.4 Å². The largest absolute Gasteiger partial charge is 0.493 e. The fraction of sp³-hybridized carbons (Fsp3) is 0.300. The van der Waals surface area contributed by atoms with Crippen molar-refractivity contribution in [3.8, 4) is 11.5 Å². The van der Waals surface area contributed by atoms with Crippen molar-refractivity contribution >= 4 is 37.3 Å². The van der Waals surface area contributed by atoms with Crippen LogP contribution in [0, 0.1) is 0 Å². The lowest BCUT2D eigenvalue weighted by Crippen LogP contribution is -2.19. The number of amides is 1. The number of sulfone groups is 1. The SMILES string of the molecule is COCCn1c(=NC(=O)c2cccc(OC)c2OC)sc2cc(S(C)(=O)=O)ccc21. The van der Waals surface area contributed by atoms with Crippen LogP contribution in [0.3, 0.4) is 0 Å². The van der Waals surface area contributed by atoms with Crippen molar-refractivity contribution in [3.63, 3.8) is 0 Å². The molecule has 10 heteroatoms. The molecule has 160 valence electrons. The Bertz CT molecular complexity index is 1260. The highest BCUT2D eigenvalue weighted by Crippen LogP contribution is 2.31. The van der Waals surface area contributed by atoms with Gasteiger partial charge in [0, 0.05) is 19.9 Å². The van der Waals surface area contributed by atoms with Gasteiger partial charge >= 0.3 is 0 Å². The number of methoxy groups -OCH3 is 3. The molecule has 0 saturated carbocycles. The molecule has 1 aromatic heterocycles. The molecule has 30 heavy (non-hydrogen) atoms. The van der Waals surface area contributed by atoms with Crippen molar-refractivity contribution in [1.82, 2.24) is 4.57 Å². The van der Waals surface area contributed by atoms with Crippen LogP contribution in [0.25, 0.3) is 10.2 Å². The quantitative estimate of drug-likeness (QED) is 0.549. The summed E-state index contributed by atoms with van der Waals surface area (Å²) in [6.45, 7) is 0.861. The van der Waals surface area contributed by atoms with E-state index in [2.05, 4.69) is 4.99 Å². The fourth-order valence-corrected chi connectivity index (χ4v) is 4.79. The van der Waals surface area contributed by atoms with E-state index in [-0.39, 0.29) is 10.5 Å². The first-order valence-corrected chi connectivity index (χ1v) is 11.6. The molecule has 0 aliphatic heterocycles. The zero-order chi connectivity index (χ0) is 21.9. The molecule has 0 radical (unpaired) electrons. The average Bonchev–Trinajstić information content (AvgIpc) is 3.06. The Hall–Kier alpha value is -2.69. The number of carbonyl (C=O) groups excluding carboxylic acids is 1. The second-order valence-corrected chi connectivity index (χ2v) is 9.41. The van der Waals surface area contributed by atoms with Gasteiger partial charge in [0.15, 0.2) is 26.1 Å². The maximum Gasteiger partial charge on any atom is 0.283 e. The molecule has 0 aliphatic carbocycles. The molecule has 0 bridgehead atoms. The lowest BCUT2D eigenvalue weighted by Gasteiger charge is -2.10. The third kappa shape index (κ3) is 4.40. The van der Waals surface area contributed by atoms with Gasteiger partial charge in [0.1, 0.15) is 0 Å². The van der Waals surface area contributed by atoms with E-state index in [1.165, 1.54) is 25.6 Å². The molecule has 0 N–H and O–H groups in total. The number of para-hydroxylation sites is 1. The number of hydrogen-bond donors (Lipinski definition) is 0. The van der Waals surface area contributed by atoms with E-state index in [1.807, 2.05) is 4.57 Å². The third-order valence-corrected chi connectivity index (χ3v) is 6.58. The minimum atomic E-state index is -3.35. The van der Waals surface area contributed by atoms with Gasteiger partial charge in [-0.2, -0.15) is 4.99 Å². The summed E-state index contributed by atoms with van der Waals surface area (Å²) in [5.41, 5.74) is 1.04. The van der Waals surface area contributed by atoms with Crippen molar-refractivity contribution in [3.05, 3.63) is 46.8 Å². The van der Waals surface area contributed by atoms with Crippen molar-refractivity contribution in [2.24, 2.45) is 4.99 Å². The minimum Gasteiger partial charge on any atom is -0.493 e. The highest BCUT2D eigenvalue weighted by Gasteiger charge is 2.17. The monoisotopic (exact) mass is 450 g/mol. The third-order valence-electron chi connectivity index (χ3n) is 4.43. The van der Waals surface area contributed by atoms with Crippen molar-refractivity contribution in [2.75, 3.05) is 34.2 Å². The molecule has 0 saturated heterocycles. The standard InChI is InChI=1S/C20H22N2O6S2/c1-26-11-10-22-15-9-8-13(30(4,24)25)12-17(15)29-20(22)21-19(23)14-6-5-7-16(27-2)18(14)28-3/h5-9,12H,10-11H2,1-4H3. The van der Waals surface area contributed by atoms with Gasteiger partial charge in [0.05, 0.1) is 41.5 Å². The summed E-state index contributed by atoms with van der Waals surface area (Å²) < 4.78 is 42.1. The van der Waals surface area contributed by atoms with E-state index in [9.17, 15) is 13.2 Å². The van der Waals surface area contributed by atoms with Crippen LogP contribution in [0.5, 0.6) is 11.5 Å². The second kappa shape index (κ2) is 8.99. The molecule has 0 atom stereocenters. The zero-order valence-corrected chi connectivity index (χ0v) is 18.7. The predicted molar refractivity (Wildman–Crippen MR) is 114 cm³/mol. The summed E-state index contributed by atoms with van der Waals surface area (Å²) in [4.78, 5) is 17.9. The summed E-state index contributed by atoms with van der Waals surface area (Å²) in [5, 5.41) is 0. The summed E-state index contributed by atoms with van der Waals surface area (Å²) in [6.07, 6.45) is 1.16. The van der Waals surface area contributed by atoms with Crippen molar-refractivity contribution in [2.45, 2.75) is 11.4 Å². The second-order valence-electron chi connectivity index (χ2n) is 6.39. The van der Waals surface area contributed by atoms with Crippen LogP contribution in [-0.4, -0.2) is 53.1 Å². The van der Waals surface area contributed by atoms with Gasteiger partial charge < -0.3 is 18.8 Å². The predicted octanol–water partition coefficient (Wildman–Crippen LogP) is 2.51. The van der Waals surface area contributed by atoms with E-state index < -0.39 is 15.7 Å². The van der Waals surface area contributed by atoms with E-state index in [0.717, 1.165) is 11.8 Å². The van der Waals surface area contributed by atoms with E-state index in [1.54, 1.807) is 43.5 Å². The van der Waals surface area contributed by atoms with E-state index in [4.69, 9.17) is 14.2 Å². The Kier molecular flexibility index (Phi) is 6.59. The van der Waals surface area contributed by atoms with E-state index >= 15 is 0 Å². The maximum atomic E-state index is 13.0. The van der Waals surface area contributed by atoms with Crippen LogP contribution in [-0.2, 0) is 21.1 Å². The number of aromatic nitrogens is 1. The number of benzene rings is 2. The number of fused-ring (bicyclic) bond motifs is 1. The molecule has 0 fully saturated rings. The number of hydrogen-bond acceptors (Lipinski definition) is 7. The van der Waals surface area contributed by atoms with Gasteiger partial charge in [0.25, 0.3) is 5.91 Å². The molecular weight excluding hydrogens is 428 g/mol. The molecule has 1 amide bonds. The van der Waals surface area contributed by atoms with Gasteiger partial charge in [-0.05, 0) is 30.3 Å². The Morgan fingerprint density at radius 3 is 2.53 bits per heavy atom. The van der Waals surface area contributed by atoms with Gasteiger partial charge in [-0.3, -0.25) is 4.79 Å². The summed E-state index contributed by atoms with van der Waals surface area (Å²) in [6, 6.07) is 9.85. The molecule has 3 aromatic rings. The van der Waals surface area contributed by atoms with Crippen LogP contribution < -0.4 is 14.3 Å². The topological polar surface area (TPSA) is 96.2 Å². The number of nitrogens with zero attached hydrogens (tertiary/aromatic N) is 2. The Morgan fingerprint density at radius 2 is 1.90 bits per heavy atom. The first-order chi connectivity index (χ1) is 14.3. The smallest absolute Gasteiger partial charge is 0.283 e. The van der Waals surface area contributed by atoms with Gasteiger partial charge in [-0.1, -0.05) is 17.4 Å². The molecular formula is C20H22N2O6S2. The molecule has 0 spiro atoms. The Labute approximate surface area is 178 Å². The maximum absolute atomic E-state index is 13.0. The van der Waals surface area contributed by atoms with Crippen LogP contribution in [0.15, 0.2) is 46.3 Å². The minimum absolute atomic E-state index is 0.211. The molecule has 0 unspecified atom stereocenters. The summed E-state index contributed by atoms with van der Waals surface area (Å²) in [7, 11) is 1.18. The highest BCUT2D eigenvalue weighted by molar-refractivity contribution is 7.90. The first kappa shape index (κ1) is 22.0. The first-order valence-electron chi connectivity index (χ1n) is 8.92. The van der Waals surface area contributed by atoms with Crippen molar-refractivity contribution in [1.29, 1.82) is 0 Å². The number of carbonyl (C=O) groups is 1.